The number of nitrogens with zero attached hydrogens (tertiary/aromatic N) is 2. The summed E-state index contributed by atoms with van der Waals surface area (Å²) in [5.41, 5.74) is 19.1. The summed E-state index contributed by atoms with van der Waals surface area (Å²) < 4.78 is 22.7. The minimum absolute atomic E-state index is 0.0111. The van der Waals surface area contributed by atoms with Gasteiger partial charge in [0.05, 0.1) is 19.3 Å². The number of nitrogens with two attached hydrogens (primary N) is 4. The number of aldehydes is 1. The molecule has 0 aromatic carbocycles. The standard InChI is InChI=1S/C21H39N7O13/c1-26-9-13(35)10(32)5(2-29)38-17(9)41-16-18(39-6(3-30)21(16,37)4-31)40-15-8(28-20(24)25)11(33)7(27-19(22)23)12(34)14(15)36/h4-18,26,29-30,32-37H,2-3H2,1H3,(H4,22,23,27)(H4,24,25,28). The molecular formula is C21H39N7O13. The summed E-state index contributed by atoms with van der Waals surface area (Å²) >= 11 is 0. The third kappa shape index (κ3) is 6.39. The molecule has 0 amide bonds. The summed E-state index contributed by atoms with van der Waals surface area (Å²) in [6.45, 7) is -1.67. The van der Waals surface area contributed by atoms with E-state index in [1.165, 1.54) is 7.05 Å². The van der Waals surface area contributed by atoms with Crippen LogP contribution in [0.15, 0.2) is 9.98 Å². The molecule has 3 fully saturated rings. The third-order valence-electron chi connectivity index (χ3n) is 7.33. The summed E-state index contributed by atoms with van der Waals surface area (Å²) in [6, 6.07) is -4.25. The fourth-order valence-electron chi connectivity index (χ4n) is 5.16. The Bertz CT molecular complexity index is 957. The third-order valence-corrected chi connectivity index (χ3v) is 7.33. The largest absolute Gasteiger partial charge is 0.394 e. The number of guanidine groups is 2. The Balaban J connectivity index is 1.99. The van der Waals surface area contributed by atoms with Crippen molar-refractivity contribution in [2.24, 2.45) is 32.9 Å². The highest BCUT2D eigenvalue weighted by molar-refractivity contribution is 5.76. The van der Waals surface area contributed by atoms with Crippen LogP contribution in [0, 0.1) is 0 Å². The Morgan fingerprint density at radius 2 is 1.46 bits per heavy atom. The fraction of sp³-hybridized carbons (Fsp3) is 0.857. The normalized spacial score (nSPS) is 46.6. The molecule has 15 atom stereocenters. The van der Waals surface area contributed by atoms with Crippen LogP contribution >= 0.6 is 0 Å². The van der Waals surface area contributed by atoms with Crippen molar-refractivity contribution in [1.29, 1.82) is 0 Å². The van der Waals surface area contributed by atoms with Gasteiger partial charge in [-0.3, -0.25) is 4.79 Å². The minimum Gasteiger partial charge on any atom is -0.394 e. The molecule has 2 aliphatic heterocycles. The molecule has 20 nitrogen and oxygen atoms in total. The number of carbonyl (C=O) groups excluding carboxylic acids is 1. The smallest absolute Gasteiger partial charge is 0.188 e. The zero-order valence-electron chi connectivity index (χ0n) is 21.9. The SMILES string of the molecule is CNC1C(OC2C(OC3C(O)C(O)C(N=C(N)N)C(O)C3N=C(N)N)OC(CO)C2(O)C=O)OC(CO)C(O)C1O. The Morgan fingerprint density at radius 3 is 1.98 bits per heavy atom. The molecule has 2 saturated heterocycles. The van der Waals surface area contributed by atoms with Crippen molar-refractivity contribution in [3.63, 3.8) is 0 Å². The summed E-state index contributed by atoms with van der Waals surface area (Å²) in [7, 11) is 1.38. The van der Waals surface area contributed by atoms with Crippen LogP contribution in [0.2, 0.25) is 0 Å². The topological polar surface area (TPSA) is 357 Å². The minimum atomic E-state index is -2.62. The lowest BCUT2D eigenvalue weighted by Gasteiger charge is -2.45. The first-order valence-electron chi connectivity index (χ1n) is 12.5. The predicted octanol–water partition coefficient (Wildman–Crippen LogP) is -9.19. The van der Waals surface area contributed by atoms with Crippen LogP contribution < -0.4 is 28.3 Å². The van der Waals surface area contributed by atoms with E-state index in [0.29, 0.717) is 0 Å². The molecule has 3 aliphatic rings. The molecule has 15 unspecified atom stereocenters. The highest BCUT2D eigenvalue weighted by atomic mass is 16.8. The summed E-state index contributed by atoms with van der Waals surface area (Å²) in [5.74, 6) is -1.10. The van der Waals surface area contributed by atoms with Gasteiger partial charge in [0, 0.05) is 0 Å². The van der Waals surface area contributed by atoms with Gasteiger partial charge in [0.15, 0.2) is 36.4 Å². The van der Waals surface area contributed by atoms with Crippen molar-refractivity contribution < 1.29 is 64.6 Å². The van der Waals surface area contributed by atoms with Crippen molar-refractivity contribution in [2.45, 2.75) is 91.2 Å². The van der Waals surface area contributed by atoms with Gasteiger partial charge in [0.1, 0.15) is 67.0 Å². The molecule has 20 heteroatoms. The van der Waals surface area contributed by atoms with E-state index in [9.17, 15) is 45.6 Å². The number of carbonyl (C=O) groups is 1. The maximum atomic E-state index is 12.1. The lowest BCUT2D eigenvalue weighted by molar-refractivity contribution is -0.314. The van der Waals surface area contributed by atoms with E-state index >= 15 is 0 Å². The molecule has 3 rings (SSSR count). The molecule has 41 heavy (non-hydrogen) atoms. The quantitative estimate of drug-likeness (QED) is 0.0631. The molecule has 0 bridgehead atoms. The lowest BCUT2D eigenvalue weighted by atomic mass is 9.81. The van der Waals surface area contributed by atoms with Gasteiger partial charge in [-0.1, -0.05) is 0 Å². The molecular weight excluding hydrogens is 558 g/mol. The molecule has 0 radical (unpaired) electrons. The second-order valence-electron chi connectivity index (χ2n) is 9.92. The molecule has 17 N–H and O–H groups in total. The Kier molecular flexibility index (Phi) is 10.8. The van der Waals surface area contributed by atoms with E-state index in [4.69, 9.17) is 41.9 Å². The number of aliphatic hydroxyl groups is 8. The second kappa shape index (κ2) is 13.3. The van der Waals surface area contributed by atoms with Crippen LogP contribution in [-0.2, 0) is 23.7 Å². The van der Waals surface area contributed by atoms with E-state index in [0.717, 1.165) is 0 Å². The number of aliphatic imine (C=N–C) groups is 2. The van der Waals surface area contributed by atoms with Crippen molar-refractivity contribution in [1.82, 2.24) is 5.32 Å². The highest BCUT2D eigenvalue weighted by Crippen LogP contribution is 2.38. The van der Waals surface area contributed by atoms with Crippen LogP contribution in [0.25, 0.3) is 0 Å². The first-order valence-corrected chi connectivity index (χ1v) is 12.5. The zero-order valence-corrected chi connectivity index (χ0v) is 21.9. The van der Waals surface area contributed by atoms with Crippen LogP contribution in [0.5, 0.6) is 0 Å². The summed E-state index contributed by atoms with van der Waals surface area (Å²) in [4.78, 5) is 19.7. The predicted molar refractivity (Wildman–Crippen MR) is 134 cm³/mol. The molecule has 0 aromatic rings. The van der Waals surface area contributed by atoms with Crippen molar-refractivity contribution in [2.75, 3.05) is 20.3 Å². The zero-order chi connectivity index (χ0) is 30.8. The molecule has 1 aliphatic carbocycles. The van der Waals surface area contributed by atoms with E-state index in [-0.39, 0.29) is 6.29 Å². The average Bonchev–Trinajstić information content (AvgIpc) is 3.19. The van der Waals surface area contributed by atoms with E-state index in [1.54, 1.807) is 0 Å². The van der Waals surface area contributed by atoms with Gasteiger partial charge in [-0.2, -0.15) is 0 Å². The Hall–Kier alpha value is -2.31. The van der Waals surface area contributed by atoms with Crippen LogP contribution in [0.1, 0.15) is 0 Å². The van der Waals surface area contributed by atoms with Gasteiger partial charge in [0.2, 0.25) is 0 Å². The lowest BCUT2D eigenvalue weighted by Crippen LogP contribution is -2.66. The highest BCUT2D eigenvalue weighted by Gasteiger charge is 2.62. The number of ether oxygens (including phenoxy) is 4. The summed E-state index contributed by atoms with van der Waals surface area (Å²) in [5, 5.41) is 86.5. The number of hydrogen-bond acceptors (Lipinski definition) is 16. The maximum Gasteiger partial charge on any atom is 0.188 e. The van der Waals surface area contributed by atoms with Crippen LogP contribution in [-0.4, -0.2) is 171 Å². The van der Waals surface area contributed by atoms with Gasteiger partial charge >= 0.3 is 0 Å². The maximum absolute atomic E-state index is 12.1. The molecule has 2 heterocycles. The first kappa shape index (κ1) is 33.2. The van der Waals surface area contributed by atoms with Crippen molar-refractivity contribution in [3.05, 3.63) is 0 Å². The molecule has 0 spiro atoms. The monoisotopic (exact) mass is 597 g/mol. The van der Waals surface area contributed by atoms with E-state index in [2.05, 4.69) is 15.3 Å². The Morgan fingerprint density at radius 1 is 0.854 bits per heavy atom. The van der Waals surface area contributed by atoms with Gasteiger partial charge < -0.3 is 88.1 Å². The van der Waals surface area contributed by atoms with Crippen LogP contribution in [0.3, 0.4) is 0 Å². The van der Waals surface area contributed by atoms with Gasteiger partial charge in [-0.05, 0) is 7.05 Å². The number of rotatable bonds is 10. The van der Waals surface area contributed by atoms with E-state index < -0.39 is 116 Å². The van der Waals surface area contributed by atoms with Crippen molar-refractivity contribution >= 4 is 18.2 Å². The van der Waals surface area contributed by atoms with Gasteiger partial charge in [0.25, 0.3) is 0 Å². The molecule has 236 valence electrons. The van der Waals surface area contributed by atoms with Gasteiger partial charge in [-0.25, -0.2) is 9.98 Å². The number of likely N-dealkylation sites (N-methyl/N-ethyl adjacent to an activating group) is 1. The fourth-order valence-corrected chi connectivity index (χ4v) is 5.16. The number of nitrogens with one attached hydrogen (secondary N) is 1. The van der Waals surface area contributed by atoms with E-state index in [1.807, 2.05) is 0 Å². The molecule has 1 saturated carbocycles. The number of hydrogen-bond donors (Lipinski definition) is 13. The Labute approximate surface area is 233 Å². The van der Waals surface area contributed by atoms with Crippen molar-refractivity contribution in [3.8, 4) is 0 Å². The molecule has 0 aromatic heterocycles. The number of aliphatic hydroxyl groups excluding tert-OH is 7. The average molecular weight is 598 g/mol. The summed E-state index contributed by atoms with van der Waals surface area (Å²) in [6.07, 6.45) is -18.6. The first-order chi connectivity index (χ1) is 19.2. The van der Waals surface area contributed by atoms with Gasteiger partial charge in [-0.15, -0.1) is 0 Å². The van der Waals surface area contributed by atoms with Crippen LogP contribution in [0.4, 0.5) is 0 Å². The second-order valence-corrected chi connectivity index (χ2v) is 9.92.